The Kier molecular flexibility index (Phi) is 6.42. The monoisotopic (exact) mass is 294 g/mol. The van der Waals surface area contributed by atoms with Crippen molar-refractivity contribution in [2.75, 3.05) is 30.3 Å². The van der Waals surface area contributed by atoms with E-state index in [1.54, 1.807) is 6.20 Å². The maximum absolute atomic E-state index is 9.60. The first-order valence-corrected chi connectivity index (χ1v) is 7.14. The van der Waals surface area contributed by atoms with Gasteiger partial charge in [0.2, 0.25) is 0 Å². The Bertz CT molecular complexity index is 428. The van der Waals surface area contributed by atoms with Crippen LogP contribution in [-0.4, -0.2) is 42.7 Å². The van der Waals surface area contributed by atoms with Crippen molar-refractivity contribution >= 4 is 18.0 Å². The van der Waals surface area contributed by atoms with E-state index in [0.29, 0.717) is 12.5 Å². The number of anilines is 2. The Morgan fingerprint density at radius 3 is 2.62 bits per heavy atom. The van der Waals surface area contributed by atoms with Gasteiger partial charge < -0.3 is 20.7 Å². The highest BCUT2D eigenvalue weighted by Gasteiger charge is 2.18. The molecule has 0 radical (unpaired) electrons. The molecule has 0 bridgehead atoms. The highest BCUT2D eigenvalue weighted by molar-refractivity contribution is 5.46. The number of pyridine rings is 1. The summed E-state index contributed by atoms with van der Waals surface area (Å²) in [4.78, 5) is 16.2. The van der Waals surface area contributed by atoms with E-state index < -0.39 is 0 Å². The first kappa shape index (κ1) is 17.2. The van der Waals surface area contributed by atoms with Crippen LogP contribution in [0.25, 0.3) is 0 Å². The van der Waals surface area contributed by atoms with Crippen LogP contribution in [0.1, 0.15) is 27.7 Å². The van der Waals surface area contributed by atoms with Gasteiger partial charge in [0.15, 0.2) is 0 Å². The summed E-state index contributed by atoms with van der Waals surface area (Å²) >= 11 is 0. The van der Waals surface area contributed by atoms with E-state index in [-0.39, 0.29) is 5.60 Å². The van der Waals surface area contributed by atoms with Crippen LogP contribution in [-0.2, 0) is 9.53 Å². The number of hydrogen-bond acceptors (Lipinski definition) is 6. The fraction of sp³-hybridized carbons (Fsp3) is 0.600. The number of piperazine rings is 1. The van der Waals surface area contributed by atoms with Gasteiger partial charge >= 0.3 is 0 Å². The van der Waals surface area contributed by atoms with Crippen molar-refractivity contribution in [3.05, 3.63) is 18.3 Å². The Morgan fingerprint density at radius 1 is 1.48 bits per heavy atom. The Balaban J connectivity index is 0.000000270. The lowest BCUT2D eigenvalue weighted by molar-refractivity contribution is -0.138. The quantitative estimate of drug-likeness (QED) is 0.803. The number of nitrogens with one attached hydrogen (secondary N) is 1. The minimum atomic E-state index is -0.318. The van der Waals surface area contributed by atoms with Crippen LogP contribution >= 0.6 is 0 Å². The molecule has 1 saturated heterocycles. The van der Waals surface area contributed by atoms with Gasteiger partial charge in [-0.2, -0.15) is 0 Å². The molecule has 6 heteroatoms. The van der Waals surface area contributed by atoms with E-state index in [4.69, 9.17) is 5.73 Å². The maximum Gasteiger partial charge on any atom is 0.293 e. The number of nitrogens with two attached hydrogens (primary N) is 1. The molecule has 0 spiro atoms. The van der Waals surface area contributed by atoms with Crippen LogP contribution in [0.2, 0.25) is 0 Å². The van der Waals surface area contributed by atoms with Crippen molar-refractivity contribution in [3.8, 4) is 0 Å². The summed E-state index contributed by atoms with van der Waals surface area (Å²) in [6.07, 6.45) is 1.71. The zero-order valence-electron chi connectivity index (χ0n) is 13.3. The summed E-state index contributed by atoms with van der Waals surface area (Å²) in [5.74, 6) is 1.02. The molecule has 1 aromatic rings. The van der Waals surface area contributed by atoms with Gasteiger partial charge in [0.05, 0.1) is 11.9 Å². The maximum atomic E-state index is 9.60. The molecule has 21 heavy (non-hydrogen) atoms. The van der Waals surface area contributed by atoms with Gasteiger partial charge in [0.1, 0.15) is 11.4 Å². The molecule has 0 aromatic carbocycles. The Morgan fingerprint density at radius 2 is 2.19 bits per heavy atom. The summed E-state index contributed by atoms with van der Waals surface area (Å²) in [6.45, 7) is 11.2. The summed E-state index contributed by atoms with van der Waals surface area (Å²) in [5, 5.41) is 3.35. The zero-order valence-corrected chi connectivity index (χ0v) is 13.3. The molecule has 1 fully saturated rings. The highest BCUT2D eigenvalue weighted by Crippen LogP contribution is 2.16. The lowest BCUT2D eigenvalue weighted by Gasteiger charge is -2.34. The number of nitrogen functional groups attached to an aromatic ring is 1. The van der Waals surface area contributed by atoms with Gasteiger partial charge in [0, 0.05) is 25.7 Å². The predicted octanol–water partition coefficient (Wildman–Crippen LogP) is 1.42. The molecule has 1 aromatic heterocycles. The molecule has 0 unspecified atom stereocenters. The largest absolute Gasteiger partial charge is 0.462 e. The molecule has 1 aliphatic heterocycles. The minimum Gasteiger partial charge on any atom is -0.462 e. The summed E-state index contributed by atoms with van der Waals surface area (Å²) < 4.78 is 4.55. The van der Waals surface area contributed by atoms with Crippen molar-refractivity contribution in [1.82, 2.24) is 10.3 Å². The number of hydrogen-bond donors (Lipinski definition) is 2. The van der Waals surface area contributed by atoms with Crippen LogP contribution in [0, 0.1) is 0 Å². The second-order valence-electron chi connectivity index (χ2n) is 6.02. The van der Waals surface area contributed by atoms with Crippen molar-refractivity contribution in [2.24, 2.45) is 0 Å². The van der Waals surface area contributed by atoms with Gasteiger partial charge in [-0.3, -0.25) is 4.79 Å². The van der Waals surface area contributed by atoms with Gasteiger partial charge in [0.25, 0.3) is 6.47 Å². The molecule has 1 aliphatic rings. The van der Waals surface area contributed by atoms with Crippen molar-refractivity contribution in [2.45, 2.75) is 39.3 Å². The molecule has 2 rings (SSSR count). The van der Waals surface area contributed by atoms with Crippen LogP contribution in [0.15, 0.2) is 18.3 Å². The number of aromatic nitrogens is 1. The van der Waals surface area contributed by atoms with Crippen molar-refractivity contribution in [3.63, 3.8) is 0 Å². The molecule has 1 atom stereocenters. The molecule has 0 aliphatic carbocycles. The summed E-state index contributed by atoms with van der Waals surface area (Å²) in [7, 11) is 0. The highest BCUT2D eigenvalue weighted by atomic mass is 16.5. The standard InChI is InChI=1S/C10H16N4.C5H10O2/c1-8-6-12-4-5-14(8)10-3-2-9(11)7-13-10;1-5(2,3)7-4-6/h2-3,7-8,12H,4-6,11H2,1H3;4H,1-3H3/t8-;/m1./s1. The third-order valence-electron chi connectivity index (χ3n) is 2.97. The first-order valence-electron chi connectivity index (χ1n) is 7.14. The predicted molar refractivity (Wildman–Crippen MR) is 85.2 cm³/mol. The molecule has 6 nitrogen and oxygen atoms in total. The summed E-state index contributed by atoms with van der Waals surface area (Å²) in [5.41, 5.74) is 6.00. The van der Waals surface area contributed by atoms with E-state index in [1.807, 2.05) is 32.9 Å². The lowest BCUT2D eigenvalue weighted by atomic mass is 10.2. The topological polar surface area (TPSA) is 80.5 Å². The zero-order chi connectivity index (χ0) is 15.9. The smallest absolute Gasteiger partial charge is 0.293 e. The second kappa shape index (κ2) is 7.83. The normalized spacial score (nSPS) is 18.5. The molecule has 0 saturated carbocycles. The lowest BCUT2D eigenvalue weighted by Crippen LogP contribution is -2.50. The van der Waals surface area contributed by atoms with E-state index >= 15 is 0 Å². The van der Waals surface area contributed by atoms with Gasteiger partial charge in [-0.15, -0.1) is 0 Å². The van der Waals surface area contributed by atoms with Crippen molar-refractivity contribution < 1.29 is 9.53 Å². The molecular formula is C15H26N4O2. The Hall–Kier alpha value is -1.82. The van der Waals surface area contributed by atoms with Crippen LogP contribution in [0.3, 0.4) is 0 Å². The third-order valence-corrected chi connectivity index (χ3v) is 2.97. The molecule has 3 N–H and O–H groups in total. The molecule has 118 valence electrons. The second-order valence-corrected chi connectivity index (χ2v) is 6.02. The average Bonchev–Trinajstić information content (AvgIpc) is 2.40. The molecule has 0 amide bonds. The summed E-state index contributed by atoms with van der Waals surface area (Å²) in [6, 6.07) is 4.38. The first-order chi connectivity index (χ1) is 9.83. The average molecular weight is 294 g/mol. The number of rotatable bonds is 2. The van der Waals surface area contributed by atoms with E-state index in [1.165, 1.54) is 0 Å². The minimum absolute atomic E-state index is 0.318. The van der Waals surface area contributed by atoms with E-state index in [0.717, 1.165) is 31.1 Å². The van der Waals surface area contributed by atoms with Gasteiger partial charge in [-0.1, -0.05) is 0 Å². The molecular weight excluding hydrogens is 268 g/mol. The van der Waals surface area contributed by atoms with Crippen molar-refractivity contribution in [1.29, 1.82) is 0 Å². The number of carbonyl (C=O) groups excluding carboxylic acids is 1. The Labute approximate surface area is 126 Å². The number of carbonyl (C=O) groups is 1. The van der Waals surface area contributed by atoms with E-state index in [2.05, 4.69) is 26.9 Å². The number of nitrogens with zero attached hydrogens (tertiary/aromatic N) is 2. The SMILES string of the molecule is CC(C)(C)OC=O.C[C@@H]1CNCCN1c1ccc(N)cn1. The third kappa shape index (κ3) is 6.44. The van der Waals surface area contributed by atoms with Crippen LogP contribution in [0.4, 0.5) is 11.5 Å². The van der Waals surface area contributed by atoms with Crippen LogP contribution < -0.4 is 16.0 Å². The van der Waals surface area contributed by atoms with Gasteiger partial charge in [-0.05, 0) is 39.8 Å². The fourth-order valence-corrected chi connectivity index (χ4v) is 1.89. The number of ether oxygens (including phenoxy) is 1. The van der Waals surface area contributed by atoms with Crippen LogP contribution in [0.5, 0.6) is 0 Å². The van der Waals surface area contributed by atoms with E-state index in [9.17, 15) is 4.79 Å². The van der Waals surface area contributed by atoms with Gasteiger partial charge in [-0.25, -0.2) is 4.98 Å². The molecule has 2 heterocycles. The fourth-order valence-electron chi connectivity index (χ4n) is 1.89.